The molecule has 1 fully saturated rings. The Morgan fingerprint density at radius 3 is 1.75 bits per heavy atom. The Bertz CT molecular complexity index is 114. The molecule has 2 nitrogen and oxygen atoms in total. The first-order valence-electron chi connectivity index (χ1n) is 5.11. The Morgan fingerprint density at radius 2 is 1.50 bits per heavy atom. The van der Waals surface area contributed by atoms with E-state index in [2.05, 4.69) is 13.8 Å². The van der Waals surface area contributed by atoms with Gasteiger partial charge < -0.3 is 8.85 Å². The predicted octanol–water partition coefficient (Wildman–Crippen LogP) is 2.69. The molecule has 1 aliphatic heterocycles. The predicted molar refractivity (Wildman–Crippen MR) is 52.5 cm³/mol. The average molecular weight is 188 g/mol. The lowest BCUT2D eigenvalue weighted by Gasteiger charge is -2.37. The lowest BCUT2D eigenvalue weighted by molar-refractivity contribution is 0.153. The topological polar surface area (TPSA) is 18.5 Å². The molecule has 0 spiro atoms. The second kappa shape index (κ2) is 4.99. The van der Waals surface area contributed by atoms with Crippen molar-refractivity contribution in [3.63, 3.8) is 0 Å². The summed E-state index contributed by atoms with van der Waals surface area (Å²) in [6, 6.07) is 2.46. The third kappa shape index (κ3) is 2.57. The summed E-state index contributed by atoms with van der Waals surface area (Å²) in [5.41, 5.74) is 0. The Morgan fingerprint density at radius 1 is 1.00 bits per heavy atom. The molecule has 72 valence electrons. The zero-order valence-corrected chi connectivity index (χ0v) is 9.27. The molecule has 0 radical (unpaired) electrons. The van der Waals surface area contributed by atoms with Gasteiger partial charge in [0.15, 0.2) is 0 Å². The summed E-state index contributed by atoms with van der Waals surface area (Å²) in [7, 11) is -1.58. The molecule has 0 aromatic carbocycles. The van der Waals surface area contributed by atoms with Gasteiger partial charge in [0.25, 0.3) is 0 Å². The third-order valence-electron chi connectivity index (χ3n) is 2.25. The minimum absolute atomic E-state index is 0.899. The third-order valence-corrected chi connectivity index (χ3v) is 5.94. The van der Waals surface area contributed by atoms with Crippen molar-refractivity contribution >= 4 is 8.56 Å². The largest absolute Gasteiger partial charge is 0.394 e. The Hall–Kier alpha value is 0.137. The molecule has 3 heteroatoms. The highest BCUT2D eigenvalue weighted by atomic mass is 28.4. The van der Waals surface area contributed by atoms with Crippen LogP contribution < -0.4 is 0 Å². The van der Waals surface area contributed by atoms with E-state index in [0.29, 0.717) is 0 Å². The molecule has 0 aromatic rings. The van der Waals surface area contributed by atoms with Crippen molar-refractivity contribution in [1.82, 2.24) is 0 Å². The summed E-state index contributed by atoms with van der Waals surface area (Å²) in [4.78, 5) is 0. The molecule has 0 N–H and O–H groups in total. The van der Waals surface area contributed by atoms with Crippen LogP contribution in [0.2, 0.25) is 12.1 Å². The second-order valence-corrected chi connectivity index (χ2v) is 6.86. The summed E-state index contributed by atoms with van der Waals surface area (Å²) in [5.74, 6) is 0. The van der Waals surface area contributed by atoms with Crippen molar-refractivity contribution in [1.29, 1.82) is 0 Å². The minimum Gasteiger partial charge on any atom is -0.394 e. The van der Waals surface area contributed by atoms with Crippen LogP contribution in [-0.4, -0.2) is 21.8 Å². The maximum Gasteiger partial charge on any atom is 0.338 e. The maximum absolute atomic E-state index is 5.83. The Balaban J connectivity index is 2.19. The quantitative estimate of drug-likeness (QED) is 0.597. The van der Waals surface area contributed by atoms with Gasteiger partial charge >= 0.3 is 8.56 Å². The van der Waals surface area contributed by atoms with Crippen molar-refractivity contribution in [3.8, 4) is 0 Å². The van der Waals surface area contributed by atoms with E-state index in [1.807, 2.05) is 0 Å². The van der Waals surface area contributed by atoms with Crippen molar-refractivity contribution < 1.29 is 8.85 Å². The fourth-order valence-electron chi connectivity index (χ4n) is 1.37. The van der Waals surface area contributed by atoms with Crippen LogP contribution in [0.4, 0.5) is 0 Å². The zero-order valence-electron chi connectivity index (χ0n) is 8.27. The molecule has 12 heavy (non-hydrogen) atoms. The van der Waals surface area contributed by atoms with Crippen LogP contribution in [0.15, 0.2) is 0 Å². The average Bonchev–Trinajstić information content (AvgIpc) is 2.02. The molecule has 1 saturated heterocycles. The molecule has 0 aliphatic carbocycles. The fourth-order valence-corrected chi connectivity index (χ4v) is 4.12. The first-order valence-corrected chi connectivity index (χ1v) is 7.34. The molecule has 0 saturated carbocycles. The van der Waals surface area contributed by atoms with Gasteiger partial charge in [-0.05, 0) is 31.4 Å². The molecule has 1 aliphatic rings. The number of hydrogen-bond acceptors (Lipinski definition) is 2. The Labute approximate surface area is 76.5 Å². The summed E-state index contributed by atoms with van der Waals surface area (Å²) in [5, 5.41) is 0. The van der Waals surface area contributed by atoms with Gasteiger partial charge in [-0.1, -0.05) is 13.8 Å². The highest BCUT2D eigenvalue weighted by Gasteiger charge is 2.44. The number of rotatable bonds is 6. The molecule has 1 rings (SSSR count). The standard InChI is InChI=1S/C9H20O2Si/c1-3-6-10-12(8-5-9-12)11-7-4-2/h3-9H2,1-2H3. The molecule has 1 heterocycles. The van der Waals surface area contributed by atoms with Crippen molar-refractivity contribution in [2.75, 3.05) is 13.2 Å². The molecular weight excluding hydrogens is 168 g/mol. The smallest absolute Gasteiger partial charge is 0.338 e. The SMILES string of the molecule is CCCO[Si]1(OCCC)CCC1. The van der Waals surface area contributed by atoms with Crippen LogP contribution in [0.5, 0.6) is 0 Å². The summed E-state index contributed by atoms with van der Waals surface area (Å²) in [6.07, 6.45) is 3.55. The van der Waals surface area contributed by atoms with Gasteiger partial charge in [-0.3, -0.25) is 0 Å². The highest BCUT2D eigenvalue weighted by molar-refractivity contribution is 6.70. The van der Waals surface area contributed by atoms with E-state index in [1.165, 1.54) is 18.5 Å². The van der Waals surface area contributed by atoms with E-state index >= 15 is 0 Å². The van der Waals surface area contributed by atoms with Crippen molar-refractivity contribution in [2.24, 2.45) is 0 Å². The molecule has 0 aromatic heterocycles. The van der Waals surface area contributed by atoms with Crippen LogP contribution in [0.25, 0.3) is 0 Å². The first kappa shape index (κ1) is 10.2. The van der Waals surface area contributed by atoms with Crippen molar-refractivity contribution in [2.45, 2.75) is 45.2 Å². The molecule has 0 unspecified atom stereocenters. The molecule has 0 amide bonds. The summed E-state index contributed by atoms with van der Waals surface area (Å²) >= 11 is 0. The zero-order chi connectivity index (χ0) is 8.86. The molecular formula is C9H20O2Si. The van der Waals surface area contributed by atoms with E-state index in [1.54, 1.807) is 0 Å². The van der Waals surface area contributed by atoms with Crippen LogP contribution >= 0.6 is 0 Å². The summed E-state index contributed by atoms with van der Waals surface area (Å²) < 4.78 is 11.7. The van der Waals surface area contributed by atoms with Gasteiger partial charge in [0.2, 0.25) is 0 Å². The highest BCUT2D eigenvalue weighted by Crippen LogP contribution is 2.34. The maximum atomic E-state index is 5.83. The van der Waals surface area contributed by atoms with Gasteiger partial charge in [-0.15, -0.1) is 0 Å². The molecule has 0 atom stereocenters. The van der Waals surface area contributed by atoms with Crippen LogP contribution in [-0.2, 0) is 8.85 Å². The first-order chi connectivity index (χ1) is 5.83. The van der Waals surface area contributed by atoms with Crippen LogP contribution in [0, 0.1) is 0 Å². The van der Waals surface area contributed by atoms with E-state index in [4.69, 9.17) is 8.85 Å². The fraction of sp³-hybridized carbons (Fsp3) is 1.00. The van der Waals surface area contributed by atoms with Crippen molar-refractivity contribution in [3.05, 3.63) is 0 Å². The number of hydrogen-bond donors (Lipinski definition) is 0. The van der Waals surface area contributed by atoms with Gasteiger partial charge in [-0.2, -0.15) is 0 Å². The lowest BCUT2D eigenvalue weighted by atomic mass is 10.5. The normalized spacial score (nSPS) is 20.5. The second-order valence-electron chi connectivity index (χ2n) is 3.46. The van der Waals surface area contributed by atoms with Gasteiger partial charge in [0, 0.05) is 13.2 Å². The van der Waals surface area contributed by atoms with Gasteiger partial charge in [0.1, 0.15) is 0 Å². The summed E-state index contributed by atoms with van der Waals surface area (Å²) in [6.45, 7) is 6.10. The Kier molecular flexibility index (Phi) is 4.25. The lowest BCUT2D eigenvalue weighted by Crippen LogP contribution is -2.48. The van der Waals surface area contributed by atoms with Crippen LogP contribution in [0.1, 0.15) is 33.1 Å². The van der Waals surface area contributed by atoms with Crippen LogP contribution in [0.3, 0.4) is 0 Å². The van der Waals surface area contributed by atoms with Gasteiger partial charge in [0.05, 0.1) is 0 Å². The van der Waals surface area contributed by atoms with E-state index in [0.717, 1.165) is 26.1 Å². The molecule has 0 bridgehead atoms. The van der Waals surface area contributed by atoms with E-state index in [9.17, 15) is 0 Å². The monoisotopic (exact) mass is 188 g/mol. The van der Waals surface area contributed by atoms with E-state index < -0.39 is 8.56 Å². The van der Waals surface area contributed by atoms with Gasteiger partial charge in [-0.25, -0.2) is 0 Å². The minimum atomic E-state index is -1.58. The van der Waals surface area contributed by atoms with E-state index in [-0.39, 0.29) is 0 Å².